The predicted octanol–water partition coefficient (Wildman–Crippen LogP) is 2.03. The van der Waals surface area contributed by atoms with Crippen LogP contribution in [0.2, 0.25) is 0 Å². The minimum Gasteiger partial charge on any atom is -0.364 e. The van der Waals surface area contributed by atoms with Crippen molar-refractivity contribution in [2.45, 2.75) is 23.8 Å². The third kappa shape index (κ3) is 3.86. The average Bonchev–Trinajstić information content (AvgIpc) is 3.48. The molecule has 0 unspecified atom stereocenters. The molecule has 9 nitrogen and oxygen atoms in total. The van der Waals surface area contributed by atoms with Gasteiger partial charge in [0, 0.05) is 23.7 Å². The van der Waals surface area contributed by atoms with Gasteiger partial charge in [-0.15, -0.1) is 11.3 Å². The molecule has 156 valence electrons. The van der Waals surface area contributed by atoms with Crippen molar-refractivity contribution < 1.29 is 18.0 Å². The number of primary amides is 1. The molecule has 3 aromatic rings. The maximum absolute atomic E-state index is 12.9. The number of benzene rings is 1. The van der Waals surface area contributed by atoms with Gasteiger partial charge in [0.25, 0.3) is 5.91 Å². The number of nitrogens with zero attached hydrogens (tertiary/aromatic N) is 2. The van der Waals surface area contributed by atoms with Gasteiger partial charge in [0.15, 0.2) is 5.13 Å². The fourth-order valence-electron chi connectivity index (χ4n) is 3.35. The molecule has 0 radical (unpaired) electrons. The number of hydrogen-bond acceptors (Lipinski definition) is 6. The molecule has 4 rings (SSSR count). The summed E-state index contributed by atoms with van der Waals surface area (Å²) in [5, 5.41) is 4.80. The smallest absolute Gasteiger partial charge is 0.265 e. The lowest BCUT2D eigenvalue weighted by molar-refractivity contribution is -0.119. The van der Waals surface area contributed by atoms with Crippen molar-refractivity contribution in [3.05, 3.63) is 53.7 Å². The lowest BCUT2D eigenvalue weighted by atomic mass is 10.2. The Morgan fingerprint density at radius 2 is 2.03 bits per heavy atom. The summed E-state index contributed by atoms with van der Waals surface area (Å²) in [4.78, 5) is 31.3. The lowest BCUT2D eigenvalue weighted by Gasteiger charge is -2.23. The Labute approximate surface area is 177 Å². The molecule has 1 aliphatic rings. The fourth-order valence-corrected chi connectivity index (χ4v) is 5.75. The number of carbonyl (C=O) groups is 2. The summed E-state index contributed by atoms with van der Waals surface area (Å²) >= 11 is 1.21. The summed E-state index contributed by atoms with van der Waals surface area (Å²) in [6.07, 6.45) is 2.65. The molecule has 3 heterocycles. The first kappa shape index (κ1) is 20.3. The van der Waals surface area contributed by atoms with Gasteiger partial charge in [-0.3, -0.25) is 9.59 Å². The number of aromatic amines is 1. The summed E-state index contributed by atoms with van der Waals surface area (Å²) in [6, 6.07) is 8.87. The van der Waals surface area contributed by atoms with Gasteiger partial charge in [-0.25, -0.2) is 13.4 Å². The molecule has 0 aliphatic carbocycles. The Morgan fingerprint density at radius 3 is 2.73 bits per heavy atom. The van der Waals surface area contributed by atoms with Crippen LogP contribution in [0.1, 0.15) is 23.3 Å². The second-order valence-electron chi connectivity index (χ2n) is 6.78. The number of amides is 2. The van der Waals surface area contributed by atoms with Crippen molar-refractivity contribution in [2.75, 3.05) is 11.9 Å². The Hall–Kier alpha value is -3.02. The van der Waals surface area contributed by atoms with Crippen molar-refractivity contribution in [3.8, 4) is 11.3 Å². The van der Waals surface area contributed by atoms with Gasteiger partial charge in [-0.05, 0) is 31.0 Å². The van der Waals surface area contributed by atoms with Crippen LogP contribution < -0.4 is 11.1 Å². The van der Waals surface area contributed by atoms with E-state index in [2.05, 4.69) is 15.3 Å². The van der Waals surface area contributed by atoms with Crippen LogP contribution in [0.4, 0.5) is 5.13 Å². The first-order valence-corrected chi connectivity index (χ1v) is 11.5. The van der Waals surface area contributed by atoms with Crippen molar-refractivity contribution in [1.82, 2.24) is 14.3 Å². The number of hydrogen-bond donors (Lipinski definition) is 3. The summed E-state index contributed by atoms with van der Waals surface area (Å²) in [7, 11) is -3.76. The SMILES string of the molecule is NC(=O)c1cc(-c2csc(NC(=O)[C@@H]3CCCN3S(=O)(=O)c3ccccc3)n2)c[nH]1. The molecule has 2 amide bonds. The van der Waals surface area contributed by atoms with Gasteiger partial charge in [0.2, 0.25) is 15.9 Å². The quantitative estimate of drug-likeness (QED) is 0.533. The first-order chi connectivity index (χ1) is 14.4. The highest BCUT2D eigenvalue weighted by Gasteiger charge is 2.39. The van der Waals surface area contributed by atoms with E-state index in [1.165, 1.54) is 27.8 Å². The van der Waals surface area contributed by atoms with E-state index >= 15 is 0 Å². The molecule has 2 aromatic heterocycles. The van der Waals surface area contributed by atoms with E-state index in [1.54, 1.807) is 35.8 Å². The molecule has 1 aliphatic heterocycles. The maximum atomic E-state index is 12.9. The molecule has 1 aromatic carbocycles. The number of nitrogens with two attached hydrogens (primary N) is 1. The van der Waals surface area contributed by atoms with Crippen molar-refractivity contribution >= 4 is 38.3 Å². The second kappa shape index (κ2) is 8.01. The predicted molar refractivity (Wildman–Crippen MR) is 112 cm³/mol. The maximum Gasteiger partial charge on any atom is 0.265 e. The molecule has 4 N–H and O–H groups in total. The molecule has 0 bridgehead atoms. The highest BCUT2D eigenvalue weighted by molar-refractivity contribution is 7.89. The van der Waals surface area contributed by atoms with Gasteiger partial charge in [0.1, 0.15) is 11.7 Å². The lowest BCUT2D eigenvalue weighted by Crippen LogP contribution is -2.43. The summed E-state index contributed by atoms with van der Waals surface area (Å²) < 4.78 is 27.1. The van der Waals surface area contributed by atoms with Crippen molar-refractivity contribution in [3.63, 3.8) is 0 Å². The number of thiazole rings is 1. The van der Waals surface area contributed by atoms with E-state index in [9.17, 15) is 18.0 Å². The molecular weight excluding hydrogens is 426 g/mol. The Bertz CT molecular complexity index is 1190. The molecule has 1 fully saturated rings. The third-order valence-electron chi connectivity index (χ3n) is 4.83. The number of aromatic nitrogens is 2. The van der Waals surface area contributed by atoms with Crippen LogP contribution in [0.5, 0.6) is 0 Å². The first-order valence-electron chi connectivity index (χ1n) is 9.18. The highest BCUT2D eigenvalue weighted by Crippen LogP contribution is 2.29. The van der Waals surface area contributed by atoms with Crippen LogP contribution in [-0.4, -0.2) is 47.1 Å². The van der Waals surface area contributed by atoms with Crippen LogP contribution in [0.3, 0.4) is 0 Å². The standard InChI is InChI=1S/C19H19N5O4S2/c20-17(25)14-9-12(10-21-14)15-11-29-19(22-15)23-18(26)16-7-4-8-24(16)30(27,28)13-5-2-1-3-6-13/h1-3,5-6,9-11,16,21H,4,7-8H2,(H2,20,25)(H,22,23,26)/t16-/m0/s1. The van der Waals surface area contributed by atoms with E-state index < -0.39 is 27.9 Å². The van der Waals surface area contributed by atoms with Crippen LogP contribution in [0.25, 0.3) is 11.3 Å². The molecule has 11 heteroatoms. The van der Waals surface area contributed by atoms with E-state index in [-0.39, 0.29) is 17.1 Å². The van der Waals surface area contributed by atoms with Crippen molar-refractivity contribution in [2.24, 2.45) is 5.73 Å². The van der Waals surface area contributed by atoms with Gasteiger partial charge >= 0.3 is 0 Å². The molecule has 0 saturated carbocycles. The monoisotopic (exact) mass is 445 g/mol. The van der Waals surface area contributed by atoms with E-state index in [0.29, 0.717) is 29.2 Å². The fraction of sp³-hybridized carbons (Fsp3) is 0.211. The van der Waals surface area contributed by atoms with Crippen LogP contribution in [0, 0.1) is 0 Å². The second-order valence-corrected chi connectivity index (χ2v) is 9.53. The molecular formula is C19H19N5O4S2. The number of anilines is 1. The van der Waals surface area contributed by atoms with Crippen molar-refractivity contribution in [1.29, 1.82) is 0 Å². The summed E-state index contributed by atoms with van der Waals surface area (Å²) in [5.74, 6) is -0.995. The number of rotatable bonds is 6. The minimum absolute atomic E-state index is 0.166. The van der Waals surface area contributed by atoms with Gasteiger partial charge in [-0.2, -0.15) is 4.31 Å². The van der Waals surface area contributed by atoms with Crippen LogP contribution >= 0.6 is 11.3 Å². The number of H-pyrrole nitrogens is 1. The van der Waals surface area contributed by atoms with E-state index in [1.807, 2.05) is 0 Å². The summed E-state index contributed by atoms with van der Waals surface area (Å²) in [5.41, 5.74) is 6.73. The zero-order chi connectivity index (χ0) is 21.3. The van der Waals surface area contributed by atoms with E-state index in [4.69, 9.17) is 5.73 Å². The zero-order valence-electron chi connectivity index (χ0n) is 15.7. The van der Waals surface area contributed by atoms with Gasteiger partial charge < -0.3 is 16.0 Å². The van der Waals surface area contributed by atoms with Crippen LogP contribution in [0.15, 0.2) is 52.9 Å². The largest absolute Gasteiger partial charge is 0.364 e. The number of nitrogens with one attached hydrogen (secondary N) is 2. The Kier molecular flexibility index (Phi) is 5.41. The third-order valence-corrected chi connectivity index (χ3v) is 7.51. The summed E-state index contributed by atoms with van der Waals surface area (Å²) in [6.45, 7) is 0.289. The zero-order valence-corrected chi connectivity index (χ0v) is 17.4. The minimum atomic E-state index is -3.76. The van der Waals surface area contributed by atoms with Gasteiger partial charge in [-0.1, -0.05) is 18.2 Å². The normalized spacial score (nSPS) is 17.1. The Morgan fingerprint density at radius 1 is 1.27 bits per heavy atom. The van der Waals surface area contributed by atoms with Gasteiger partial charge in [0.05, 0.1) is 10.6 Å². The molecule has 0 spiro atoms. The molecule has 30 heavy (non-hydrogen) atoms. The number of carbonyl (C=O) groups excluding carboxylic acids is 2. The molecule has 1 atom stereocenters. The Balaban J connectivity index is 1.50. The average molecular weight is 446 g/mol. The number of sulfonamides is 1. The molecule has 1 saturated heterocycles. The topological polar surface area (TPSA) is 138 Å². The highest BCUT2D eigenvalue weighted by atomic mass is 32.2. The van der Waals surface area contributed by atoms with Crippen LogP contribution in [-0.2, 0) is 14.8 Å². The van der Waals surface area contributed by atoms with E-state index in [0.717, 1.165) is 0 Å².